The molecule has 2 fully saturated rings. The van der Waals surface area contributed by atoms with Gasteiger partial charge in [-0.25, -0.2) is 0 Å². The van der Waals surface area contributed by atoms with E-state index in [4.69, 9.17) is 0 Å². The quantitative estimate of drug-likeness (QED) is 0.666. The number of hydrogen-bond acceptors (Lipinski definition) is 3. The first-order valence-corrected chi connectivity index (χ1v) is 8.46. The lowest BCUT2D eigenvalue weighted by Crippen LogP contribution is -2.48. The van der Waals surface area contributed by atoms with Crippen molar-refractivity contribution in [2.45, 2.75) is 70.9 Å². The van der Waals surface area contributed by atoms with Crippen LogP contribution in [-0.2, 0) is 0 Å². The summed E-state index contributed by atoms with van der Waals surface area (Å²) in [4.78, 5) is 2.67. The molecule has 0 aromatic carbocycles. The van der Waals surface area contributed by atoms with Crippen molar-refractivity contribution in [1.82, 2.24) is 10.2 Å². The van der Waals surface area contributed by atoms with Crippen LogP contribution < -0.4 is 5.32 Å². The van der Waals surface area contributed by atoms with E-state index in [1.807, 2.05) is 0 Å². The second-order valence-electron chi connectivity index (χ2n) is 7.26. The van der Waals surface area contributed by atoms with E-state index in [2.05, 4.69) is 37.1 Å². The van der Waals surface area contributed by atoms with Crippen LogP contribution in [0.2, 0.25) is 0 Å². The predicted octanol–water partition coefficient (Wildman–Crippen LogP) is 3.17. The first-order chi connectivity index (χ1) is 9.56. The van der Waals surface area contributed by atoms with E-state index < -0.39 is 0 Å². The van der Waals surface area contributed by atoms with Gasteiger partial charge >= 0.3 is 0 Å². The van der Waals surface area contributed by atoms with Crippen LogP contribution in [0.25, 0.3) is 0 Å². The second-order valence-corrected chi connectivity index (χ2v) is 7.26. The van der Waals surface area contributed by atoms with Crippen LogP contribution in [0.4, 0.5) is 0 Å². The summed E-state index contributed by atoms with van der Waals surface area (Å²) < 4.78 is 0. The maximum absolute atomic E-state index is 9.50. The van der Waals surface area contributed by atoms with Gasteiger partial charge in [0.15, 0.2) is 0 Å². The zero-order chi connectivity index (χ0) is 14.6. The third-order valence-electron chi connectivity index (χ3n) is 4.72. The Morgan fingerprint density at radius 3 is 2.20 bits per heavy atom. The predicted molar refractivity (Wildman–Crippen MR) is 83.4 cm³/mol. The Bertz CT molecular complexity index is 327. The summed E-state index contributed by atoms with van der Waals surface area (Å²) in [5.41, 5.74) is -0.374. The van der Waals surface area contributed by atoms with Crippen molar-refractivity contribution in [2.75, 3.05) is 19.6 Å². The molecule has 0 amide bonds. The molecule has 0 radical (unpaired) electrons. The molecule has 0 heterocycles. The van der Waals surface area contributed by atoms with E-state index in [9.17, 15) is 5.26 Å². The molecule has 3 heteroatoms. The highest BCUT2D eigenvalue weighted by atomic mass is 15.2. The summed E-state index contributed by atoms with van der Waals surface area (Å²) in [6, 6.07) is 3.00. The highest BCUT2D eigenvalue weighted by Gasteiger charge is 2.34. The fourth-order valence-corrected chi connectivity index (χ4v) is 2.98. The molecule has 0 saturated heterocycles. The molecule has 0 aromatic rings. The highest BCUT2D eigenvalue weighted by Crippen LogP contribution is 2.35. The van der Waals surface area contributed by atoms with Crippen LogP contribution in [0.3, 0.4) is 0 Å². The Labute approximate surface area is 124 Å². The average Bonchev–Trinajstić information content (AvgIpc) is 3.30. The molecule has 2 aliphatic carbocycles. The first kappa shape index (κ1) is 15.8. The smallest absolute Gasteiger partial charge is 0.105 e. The average molecular weight is 277 g/mol. The van der Waals surface area contributed by atoms with Gasteiger partial charge in [0, 0.05) is 19.1 Å². The molecule has 0 aliphatic heterocycles. The molecule has 0 spiro atoms. The molecule has 2 atom stereocenters. The summed E-state index contributed by atoms with van der Waals surface area (Å²) in [7, 11) is 0. The van der Waals surface area contributed by atoms with Crippen LogP contribution in [0, 0.1) is 23.2 Å². The molecular formula is C17H31N3. The van der Waals surface area contributed by atoms with Crippen molar-refractivity contribution in [3.8, 4) is 6.07 Å². The van der Waals surface area contributed by atoms with E-state index >= 15 is 0 Å². The number of nitrogens with zero attached hydrogens (tertiary/aromatic N) is 2. The van der Waals surface area contributed by atoms with Crippen molar-refractivity contribution in [3.05, 3.63) is 0 Å². The minimum absolute atomic E-state index is 0.374. The van der Waals surface area contributed by atoms with Gasteiger partial charge in [-0.3, -0.25) is 5.32 Å². The van der Waals surface area contributed by atoms with Gasteiger partial charge < -0.3 is 4.90 Å². The van der Waals surface area contributed by atoms with E-state index in [1.54, 1.807) is 0 Å². The van der Waals surface area contributed by atoms with Gasteiger partial charge in [0.25, 0.3) is 0 Å². The summed E-state index contributed by atoms with van der Waals surface area (Å²) >= 11 is 0. The Balaban J connectivity index is 1.87. The van der Waals surface area contributed by atoms with E-state index in [0.717, 1.165) is 31.2 Å². The number of hydrogen-bond donors (Lipinski definition) is 1. The van der Waals surface area contributed by atoms with Crippen LogP contribution in [0.5, 0.6) is 0 Å². The normalized spacial score (nSPS) is 23.4. The van der Waals surface area contributed by atoms with Gasteiger partial charge in [0.1, 0.15) is 5.54 Å². The van der Waals surface area contributed by atoms with E-state index in [-0.39, 0.29) is 5.54 Å². The van der Waals surface area contributed by atoms with Gasteiger partial charge in [-0.2, -0.15) is 5.26 Å². The van der Waals surface area contributed by atoms with Gasteiger partial charge in [0.2, 0.25) is 0 Å². The summed E-state index contributed by atoms with van der Waals surface area (Å²) in [5.74, 6) is 1.88. The Hall–Kier alpha value is -0.590. The maximum atomic E-state index is 9.50. The molecule has 3 nitrogen and oxygen atoms in total. The van der Waals surface area contributed by atoms with Crippen LogP contribution in [0.15, 0.2) is 0 Å². The van der Waals surface area contributed by atoms with Crippen molar-refractivity contribution in [3.63, 3.8) is 0 Å². The lowest BCUT2D eigenvalue weighted by atomic mass is 9.94. The SMILES string of the molecule is CCCNC(C)(C#N)CC(C)N(CC1CC1)CC1CC1. The minimum Gasteiger partial charge on any atom is -0.300 e. The van der Waals surface area contributed by atoms with Gasteiger partial charge in [-0.1, -0.05) is 6.92 Å². The molecule has 2 aliphatic rings. The molecule has 2 saturated carbocycles. The molecule has 2 rings (SSSR count). The summed E-state index contributed by atoms with van der Waals surface area (Å²) in [6.45, 7) is 9.97. The van der Waals surface area contributed by atoms with Crippen molar-refractivity contribution < 1.29 is 0 Å². The van der Waals surface area contributed by atoms with Gasteiger partial charge in [-0.05, 0) is 70.8 Å². The fourth-order valence-electron chi connectivity index (χ4n) is 2.98. The second kappa shape index (κ2) is 6.91. The first-order valence-electron chi connectivity index (χ1n) is 8.46. The molecule has 0 bridgehead atoms. The van der Waals surface area contributed by atoms with Crippen LogP contribution in [0.1, 0.15) is 59.3 Å². The lowest BCUT2D eigenvalue weighted by molar-refractivity contribution is 0.162. The third kappa shape index (κ3) is 5.07. The summed E-state index contributed by atoms with van der Waals surface area (Å²) in [6.07, 6.45) is 7.67. The minimum atomic E-state index is -0.374. The van der Waals surface area contributed by atoms with E-state index in [0.29, 0.717) is 6.04 Å². The highest BCUT2D eigenvalue weighted by molar-refractivity contribution is 5.05. The maximum Gasteiger partial charge on any atom is 0.105 e. The standard InChI is InChI=1S/C17H31N3/c1-4-9-19-17(3,13-18)10-14(2)20(11-15-5-6-15)12-16-7-8-16/h14-16,19H,4-12H2,1-3H3. The Morgan fingerprint density at radius 1 is 1.25 bits per heavy atom. The zero-order valence-corrected chi connectivity index (χ0v) is 13.5. The van der Waals surface area contributed by atoms with Crippen LogP contribution >= 0.6 is 0 Å². The molecule has 20 heavy (non-hydrogen) atoms. The molecule has 0 aromatic heterocycles. The largest absolute Gasteiger partial charge is 0.300 e. The number of nitrogens with one attached hydrogen (secondary N) is 1. The van der Waals surface area contributed by atoms with Crippen molar-refractivity contribution in [1.29, 1.82) is 5.26 Å². The topological polar surface area (TPSA) is 39.1 Å². The van der Waals surface area contributed by atoms with Gasteiger partial charge in [0.05, 0.1) is 6.07 Å². The Kier molecular flexibility index (Phi) is 5.46. The molecular weight excluding hydrogens is 246 g/mol. The van der Waals surface area contributed by atoms with Crippen LogP contribution in [-0.4, -0.2) is 36.1 Å². The molecule has 2 unspecified atom stereocenters. The van der Waals surface area contributed by atoms with E-state index in [1.165, 1.54) is 38.8 Å². The molecule has 114 valence electrons. The number of rotatable bonds is 10. The van der Waals surface area contributed by atoms with Crippen molar-refractivity contribution >= 4 is 0 Å². The molecule has 1 N–H and O–H groups in total. The lowest BCUT2D eigenvalue weighted by Gasteiger charge is -2.34. The van der Waals surface area contributed by atoms with Crippen molar-refractivity contribution in [2.24, 2.45) is 11.8 Å². The number of nitriles is 1. The Morgan fingerprint density at radius 2 is 1.80 bits per heavy atom. The summed E-state index contributed by atoms with van der Waals surface area (Å²) in [5, 5.41) is 12.9. The fraction of sp³-hybridized carbons (Fsp3) is 0.941. The monoisotopic (exact) mass is 277 g/mol. The zero-order valence-electron chi connectivity index (χ0n) is 13.5. The van der Waals surface area contributed by atoms with Gasteiger partial charge in [-0.15, -0.1) is 0 Å². The third-order valence-corrected chi connectivity index (χ3v) is 4.72.